The van der Waals surface area contributed by atoms with Gasteiger partial charge in [0.15, 0.2) is 0 Å². The van der Waals surface area contributed by atoms with E-state index in [1.807, 2.05) is 6.07 Å². The van der Waals surface area contributed by atoms with Crippen molar-refractivity contribution in [3.8, 4) is 29.0 Å². The molecule has 0 saturated carbocycles. The highest BCUT2D eigenvalue weighted by molar-refractivity contribution is 5.82. The minimum absolute atomic E-state index is 0.00401. The molecule has 0 spiro atoms. The third kappa shape index (κ3) is 4.51. The van der Waals surface area contributed by atoms with E-state index in [1.165, 1.54) is 6.07 Å². The standard InChI is InChI=1S/C23H21FN4O3/c24-20-9-19-18-6-14(10-25)2-3-15(18)13-31-21(19)8-16(20)7-17(11-26)28-23(29)22-12-27-4-1-5-30-22/h2-3,6,8-9,17,22,27H,1,4-5,7,12-13H2,(H,28,29). The van der Waals surface area contributed by atoms with Crippen LogP contribution < -0.4 is 15.4 Å². The molecule has 2 aliphatic heterocycles. The molecule has 2 atom stereocenters. The SMILES string of the molecule is N#Cc1ccc2c(c1)-c1cc(F)c(CC(C#N)NC(=O)C3CNCCCO3)cc1OC2. The Kier molecular flexibility index (Phi) is 6.13. The van der Waals surface area contributed by atoms with Gasteiger partial charge in [-0.15, -0.1) is 0 Å². The summed E-state index contributed by atoms with van der Waals surface area (Å²) in [6, 6.07) is 11.3. The van der Waals surface area contributed by atoms with Crippen LogP contribution in [0.5, 0.6) is 5.75 Å². The first-order valence-electron chi connectivity index (χ1n) is 10.1. The predicted molar refractivity (Wildman–Crippen MR) is 109 cm³/mol. The summed E-state index contributed by atoms with van der Waals surface area (Å²) in [5.41, 5.74) is 2.95. The number of nitrogens with one attached hydrogen (secondary N) is 2. The van der Waals surface area contributed by atoms with Gasteiger partial charge in [0, 0.05) is 25.1 Å². The Morgan fingerprint density at radius 1 is 1.29 bits per heavy atom. The lowest BCUT2D eigenvalue weighted by Crippen LogP contribution is -2.46. The second-order valence-corrected chi connectivity index (χ2v) is 7.52. The van der Waals surface area contributed by atoms with Crippen LogP contribution in [0.1, 0.15) is 23.1 Å². The average molecular weight is 420 g/mol. The number of hydrogen-bond acceptors (Lipinski definition) is 6. The topological polar surface area (TPSA) is 107 Å². The molecular formula is C23H21FN4O3. The molecule has 158 valence electrons. The number of nitriles is 2. The van der Waals surface area contributed by atoms with Gasteiger partial charge in [-0.25, -0.2) is 4.39 Å². The molecular weight excluding hydrogens is 399 g/mol. The summed E-state index contributed by atoms with van der Waals surface area (Å²) in [6.07, 6.45) is 0.127. The lowest BCUT2D eigenvalue weighted by Gasteiger charge is -2.23. The summed E-state index contributed by atoms with van der Waals surface area (Å²) in [6.45, 7) is 1.91. The molecule has 8 heteroatoms. The highest BCUT2D eigenvalue weighted by Crippen LogP contribution is 2.39. The highest BCUT2D eigenvalue weighted by atomic mass is 19.1. The van der Waals surface area contributed by atoms with Gasteiger partial charge in [-0.3, -0.25) is 4.79 Å². The second-order valence-electron chi connectivity index (χ2n) is 7.52. The summed E-state index contributed by atoms with van der Waals surface area (Å²) in [4.78, 5) is 12.5. The lowest BCUT2D eigenvalue weighted by molar-refractivity contribution is -0.132. The fraction of sp³-hybridized carbons (Fsp3) is 0.348. The second kappa shape index (κ2) is 9.13. The highest BCUT2D eigenvalue weighted by Gasteiger charge is 2.25. The molecule has 0 aromatic heterocycles. The summed E-state index contributed by atoms with van der Waals surface area (Å²) in [5, 5.41) is 24.4. The van der Waals surface area contributed by atoms with E-state index in [4.69, 9.17) is 14.7 Å². The van der Waals surface area contributed by atoms with E-state index < -0.39 is 23.9 Å². The number of fused-ring (bicyclic) bond motifs is 3. The number of benzene rings is 2. The third-order valence-corrected chi connectivity index (χ3v) is 5.40. The van der Waals surface area contributed by atoms with Gasteiger partial charge in [-0.2, -0.15) is 10.5 Å². The van der Waals surface area contributed by atoms with Crippen LogP contribution in [0.4, 0.5) is 4.39 Å². The number of nitrogens with zero attached hydrogens (tertiary/aromatic N) is 2. The maximum Gasteiger partial charge on any atom is 0.251 e. The molecule has 0 aliphatic carbocycles. The van der Waals surface area contributed by atoms with Gasteiger partial charge in [0.1, 0.15) is 30.3 Å². The number of carbonyl (C=O) groups excluding carboxylic acids is 1. The van der Waals surface area contributed by atoms with Gasteiger partial charge in [-0.1, -0.05) is 6.07 Å². The number of ether oxygens (including phenoxy) is 2. The summed E-state index contributed by atoms with van der Waals surface area (Å²) in [7, 11) is 0. The Morgan fingerprint density at radius 3 is 2.97 bits per heavy atom. The normalized spacial score (nSPS) is 18.2. The van der Waals surface area contributed by atoms with E-state index in [9.17, 15) is 14.4 Å². The fourth-order valence-electron chi connectivity index (χ4n) is 3.76. The Balaban J connectivity index is 1.53. The molecule has 31 heavy (non-hydrogen) atoms. The van der Waals surface area contributed by atoms with Crippen molar-refractivity contribution in [1.29, 1.82) is 10.5 Å². The Hall–Kier alpha value is -3.46. The Bertz CT molecular complexity index is 1080. The molecule has 2 aromatic carbocycles. The zero-order valence-electron chi connectivity index (χ0n) is 16.8. The third-order valence-electron chi connectivity index (χ3n) is 5.40. The molecule has 2 aliphatic rings. The van der Waals surface area contributed by atoms with Crippen LogP contribution in [0.3, 0.4) is 0 Å². The number of hydrogen-bond donors (Lipinski definition) is 2. The number of amides is 1. The van der Waals surface area contributed by atoms with Crippen molar-refractivity contribution < 1.29 is 18.7 Å². The molecule has 2 unspecified atom stereocenters. The number of halogens is 1. The van der Waals surface area contributed by atoms with Gasteiger partial charge >= 0.3 is 0 Å². The van der Waals surface area contributed by atoms with E-state index in [1.54, 1.807) is 24.3 Å². The fourth-order valence-corrected chi connectivity index (χ4v) is 3.76. The van der Waals surface area contributed by atoms with Crippen molar-refractivity contribution in [2.45, 2.75) is 31.6 Å². The van der Waals surface area contributed by atoms with E-state index in [-0.39, 0.29) is 12.0 Å². The molecule has 4 rings (SSSR count). The molecule has 1 amide bonds. The monoisotopic (exact) mass is 420 g/mol. The van der Waals surface area contributed by atoms with E-state index >= 15 is 0 Å². The van der Waals surface area contributed by atoms with E-state index in [0.29, 0.717) is 36.6 Å². The van der Waals surface area contributed by atoms with Crippen molar-refractivity contribution in [3.05, 3.63) is 52.8 Å². The van der Waals surface area contributed by atoms with Crippen molar-refractivity contribution in [2.24, 2.45) is 0 Å². The molecule has 0 bridgehead atoms. The summed E-state index contributed by atoms with van der Waals surface area (Å²) in [5.74, 6) is -0.411. The maximum absolute atomic E-state index is 14.9. The predicted octanol–water partition coefficient (Wildman–Crippen LogP) is 2.19. The van der Waals surface area contributed by atoms with Gasteiger partial charge in [-0.05, 0) is 53.9 Å². The van der Waals surface area contributed by atoms with Crippen LogP contribution in [0.15, 0.2) is 30.3 Å². The summed E-state index contributed by atoms with van der Waals surface area (Å²) >= 11 is 0. The van der Waals surface area contributed by atoms with Crippen molar-refractivity contribution >= 4 is 5.91 Å². The van der Waals surface area contributed by atoms with Crippen LogP contribution in [0.2, 0.25) is 0 Å². The summed E-state index contributed by atoms with van der Waals surface area (Å²) < 4.78 is 26.2. The first-order valence-corrected chi connectivity index (χ1v) is 10.1. The maximum atomic E-state index is 14.9. The molecule has 2 N–H and O–H groups in total. The van der Waals surface area contributed by atoms with Gasteiger partial charge < -0.3 is 20.1 Å². The minimum atomic E-state index is -0.909. The largest absolute Gasteiger partial charge is 0.488 e. The van der Waals surface area contributed by atoms with E-state index in [0.717, 1.165) is 24.1 Å². The van der Waals surface area contributed by atoms with Crippen LogP contribution in [0, 0.1) is 28.5 Å². The Labute approximate surface area is 179 Å². The van der Waals surface area contributed by atoms with Gasteiger partial charge in [0.05, 0.1) is 17.7 Å². The number of rotatable bonds is 4. The molecule has 0 radical (unpaired) electrons. The quantitative estimate of drug-likeness (QED) is 0.785. The number of carbonyl (C=O) groups is 1. The zero-order chi connectivity index (χ0) is 21.8. The van der Waals surface area contributed by atoms with Crippen molar-refractivity contribution in [2.75, 3.05) is 19.7 Å². The molecule has 1 saturated heterocycles. The first kappa shape index (κ1) is 20.8. The lowest BCUT2D eigenvalue weighted by atomic mass is 9.93. The molecule has 2 heterocycles. The average Bonchev–Trinajstić information content (AvgIpc) is 3.08. The first-order chi connectivity index (χ1) is 15.1. The van der Waals surface area contributed by atoms with Crippen molar-refractivity contribution in [3.63, 3.8) is 0 Å². The van der Waals surface area contributed by atoms with Crippen LogP contribution in [-0.4, -0.2) is 37.7 Å². The molecule has 7 nitrogen and oxygen atoms in total. The van der Waals surface area contributed by atoms with Crippen LogP contribution >= 0.6 is 0 Å². The van der Waals surface area contributed by atoms with Crippen LogP contribution in [0.25, 0.3) is 11.1 Å². The van der Waals surface area contributed by atoms with Gasteiger partial charge in [0.25, 0.3) is 5.91 Å². The van der Waals surface area contributed by atoms with Gasteiger partial charge in [0.2, 0.25) is 0 Å². The zero-order valence-corrected chi connectivity index (χ0v) is 16.8. The van der Waals surface area contributed by atoms with E-state index in [2.05, 4.69) is 16.7 Å². The Morgan fingerprint density at radius 2 is 2.16 bits per heavy atom. The smallest absolute Gasteiger partial charge is 0.251 e. The van der Waals surface area contributed by atoms with Crippen molar-refractivity contribution in [1.82, 2.24) is 10.6 Å². The molecule has 2 aromatic rings. The van der Waals surface area contributed by atoms with Crippen LogP contribution in [-0.2, 0) is 22.6 Å². The molecule has 1 fully saturated rings. The minimum Gasteiger partial charge on any atom is -0.488 e.